The van der Waals surface area contributed by atoms with Crippen molar-refractivity contribution in [2.75, 3.05) is 13.2 Å². The van der Waals surface area contributed by atoms with Crippen LogP contribution in [0.5, 0.6) is 5.75 Å². The number of hydrogen-bond acceptors (Lipinski definition) is 4. The van der Waals surface area contributed by atoms with Gasteiger partial charge in [-0.2, -0.15) is 0 Å². The van der Waals surface area contributed by atoms with Gasteiger partial charge in [0, 0.05) is 6.42 Å². The highest BCUT2D eigenvalue weighted by Gasteiger charge is 2.28. The van der Waals surface area contributed by atoms with Gasteiger partial charge in [-0.05, 0) is 41.9 Å². The molecule has 0 heterocycles. The lowest BCUT2D eigenvalue weighted by Crippen LogP contribution is -2.53. The van der Waals surface area contributed by atoms with Gasteiger partial charge >= 0.3 is 0 Å². The van der Waals surface area contributed by atoms with Crippen molar-refractivity contribution in [2.45, 2.75) is 64.8 Å². The summed E-state index contributed by atoms with van der Waals surface area (Å²) in [5, 5.41) is 31.8. The third-order valence-corrected chi connectivity index (χ3v) is 4.50. The highest BCUT2D eigenvalue weighted by atomic mass is 16.3. The molecule has 0 spiro atoms. The molecular weight excluding hydrogens is 306 g/mol. The summed E-state index contributed by atoms with van der Waals surface area (Å²) in [6.07, 6.45) is 1.25. The van der Waals surface area contributed by atoms with Gasteiger partial charge in [-0.3, -0.25) is 4.79 Å². The first-order valence-electron chi connectivity index (χ1n) is 8.44. The van der Waals surface area contributed by atoms with E-state index >= 15 is 0 Å². The molecule has 0 aliphatic heterocycles. The lowest BCUT2D eigenvalue weighted by atomic mass is 9.83. The van der Waals surface area contributed by atoms with E-state index in [1.165, 1.54) is 0 Å². The van der Waals surface area contributed by atoms with Crippen molar-refractivity contribution in [1.82, 2.24) is 5.32 Å². The van der Waals surface area contributed by atoms with E-state index in [-0.39, 0.29) is 31.0 Å². The fraction of sp³-hybridized carbons (Fsp3) is 0.632. The smallest absolute Gasteiger partial charge is 0.220 e. The number of benzene rings is 1. The molecule has 4 N–H and O–H groups in total. The van der Waals surface area contributed by atoms with E-state index in [4.69, 9.17) is 0 Å². The largest absolute Gasteiger partial charge is 0.507 e. The molecule has 5 heteroatoms. The Kier molecular flexibility index (Phi) is 6.81. The van der Waals surface area contributed by atoms with E-state index in [9.17, 15) is 20.1 Å². The first-order valence-corrected chi connectivity index (χ1v) is 8.44. The maximum Gasteiger partial charge on any atom is 0.220 e. The van der Waals surface area contributed by atoms with E-state index in [1.807, 2.05) is 46.8 Å². The SMILES string of the molecule is CCC(CO)(CO)NC(=O)CCc1cc(C)c(O)c(C(C)(C)C)c1. The number of aliphatic hydroxyl groups is 2. The van der Waals surface area contributed by atoms with Crippen LogP contribution >= 0.6 is 0 Å². The summed E-state index contributed by atoms with van der Waals surface area (Å²) in [7, 11) is 0. The molecule has 0 aliphatic rings. The van der Waals surface area contributed by atoms with Crippen LogP contribution in [-0.4, -0.2) is 40.0 Å². The van der Waals surface area contributed by atoms with Crippen LogP contribution in [0, 0.1) is 6.92 Å². The summed E-state index contributed by atoms with van der Waals surface area (Å²) in [5.41, 5.74) is 1.51. The fourth-order valence-corrected chi connectivity index (χ4v) is 2.63. The van der Waals surface area contributed by atoms with Gasteiger partial charge in [-0.25, -0.2) is 0 Å². The van der Waals surface area contributed by atoms with Gasteiger partial charge in [0.15, 0.2) is 0 Å². The highest BCUT2D eigenvalue weighted by molar-refractivity contribution is 5.77. The zero-order valence-electron chi connectivity index (χ0n) is 15.4. The maximum absolute atomic E-state index is 12.2. The Hall–Kier alpha value is -1.59. The lowest BCUT2D eigenvalue weighted by molar-refractivity contribution is -0.124. The van der Waals surface area contributed by atoms with Gasteiger partial charge in [0.1, 0.15) is 5.75 Å². The Balaban J connectivity index is 2.85. The quantitative estimate of drug-likeness (QED) is 0.614. The van der Waals surface area contributed by atoms with Crippen LogP contribution in [0.1, 0.15) is 57.2 Å². The number of amides is 1. The minimum Gasteiger partial charge on any atom is -0.507 e. The van der Waals surface area contributed by atoms with E-state index in [0.717, 1.165) is 16.7 Å². The van der Waals surface area contributed by atoms with Gasteiger partial charge in [0.05, 0.1) is 18.8 Å². The van der Waals surface area contributed by atoms with E-state index < -0.39 is 5.54 Å². The van der Waals surface area contributed by atoms with Crippen LogP contribution < -0.4 is 5.32 Å². The van der Waals surface area contributed by atoms with Crippen molar-refractivity contribution >= 4 is 5.91 Å². The predicted octanol–water partition coefficient (Wildman–Crippen LogP) is 2.18. The predicted molar refractivity (Wildman–Crippen MR) is 95.2 cm³/mol. The molecule has 1 aromatic carbocycles. The number of carbonyl (C=O) groups is 1. The van der Waals surface area contributed by atoms with Gasteiger partial charge in [0.25, 0.3) is 0 Å². The number of aryl methyl sites for hydroxylation is 2. The topological polar surface area (TPSA) is 89.8 Å². The number of phenolic OH excluding ortho intramolecular Hbond substituents is 1. The van der Waals surface area contributed by atoms with Crippen LogP contribution in [0.25, 0.3) is 0 Å². The Labute approximate surface area is 144 Å². The minimum atomic E-state index is -0.960. The molecule has 0 atom stereocenters. The van der Waals surface area contributed by atoms with Gasteiger partial charge in [0.2, 0.25) is 5.91 Å². The number of aliphatic hydroxyl groups excluding tert-OH is 2. The Morgan fingerprint density at radius 3 is 2.21 bits per heavy atom. The van der Waals surface area contributed by atoms with Crippen molar-refractivity contribution in [2.24, 2.45) is 0 Å². The van der Waals surface area contributed by atoms with Crippen molar-refractivity contribution in [3.05, 3.63) is 28.8 Å². The second-order valence-corrected chi connectivity index (χ2v) is 7.56. The van der Waals surface area contributed by atoms with Crippen LogP contribution in [0.4, 0.5) is 0 Å². The third kappa shape index (κ3) is 4.95. The van der Waals surface area contributed by atoms with Crippen LogP contribution in [-0.2, 0) is 16.6 Å². The first kappa shape index (κ1) is 20.5. The number of rotatable bonds is 7. The second kappa shape index (κ2) is 7.99. The normalized spacial score (nSPS) is 12.3. The molecule has 0 aromatic heterocycles. The Morgan fingerprint density at radius 2 is 1.75 bits per heavy atom. The molecule has 5 nitrogen and oxygen atoms in total. The molecule has 0 fully saturated rings. The Morgan fingerprint density at radius 1 is 1.17 bits per heavy atom. The zero-order chi connectivity index (χ0) is 18.5. The summed E-state index contributed by atoms with van der Waals surface area (Å²) in [6.45, 7) is 9.19. The van der Waals surface area contributed by atoms with Crippen LogP contribution in [0.2, 0.25) is 0 Å². The summed E-state index contributed by atoms with van der Waals surface area (Å²) in [4.78, 5) is 12.2. The molecule has 0 aliphatic carbocycles. The van der Waals surface area contributed by atoms with Crippen molar-refractivity contribution in [3.63, 3.8) is 0 Å². The molecule has 1 aromatic rings. The zero-order valence-corrected chi connectivity index (χ0v) is 15.4. The van der Waals surface area contributed by atoms with E-state index in [2.05, 4.69) is 5.32 Å². The van der Waals surface area contributed by atoms with Gasteiger partial charge in [-0.1, -0.05) is 39.8 Å². The fourth-order valence-electron chi connectivity index (χ4n) is 2.63. The maximum atomic E-state index is 12.2. The number of carbonyl (C=O) groups excluding carboxylic acids is 1. The molecule has 0 bridgehead atoms. The second-order valence-electron chi connectivity index (χ2n) is 7.56. The molecule has 0 saturated carbocycles. The molecule has 1 rings (SSSR count). The average Bonchev–Trinajstić information content (AvgIpc) is 2.52. The summed E-state index contributed by atoms with van der Waals surface area (Å²) in [5.74, 6) is 0.101. The molecule has 24 heavy (non-hydrogen) atoms. The molecule has 0 unspecified atom stereocenters. The average molecular weight is 337 g/mol. The number of hydrogen-bond donors (Lipinski definition) is 4. The summed E-state index contributed by atoms with van der Waals surface area (Å²) in [6, 6.07) is 3.84. The van der Waals surface area contributed by atoms with Crippen LogP contribution in [0.3, 0.4) is 0 Å². The van der Waals surface area contributed by atoms with Gasteiger partial charge < -0.3 is 20.6 Å². The van der Waals surface area contributed by atoms with Crippen molar-refractivity contribution in [1.29, 1.82) is 0 Å². The molecule has 136 valence electrons. The molecule has 0 saturated heterocycles. The van der Waals surface area contributed by atoms with Crippen molar-refractivity contribution < 1.29 is 20.1 Å². The highest BCUT2D eigenvalue weighted by Crippen LogP contribution is 2.34. The van der Waals surface area contributed by atoms with Crippen LogP contribution in [0.15, 0.2) is 12.1 Å². The molecule has 0 radical (unpaired) electrons. The minimum absolute atomic E-state index is 0.182. The first-order chi connectivity index (χ1) is 11.1. The molecule has 1 amide bonds. The molecular formula is C19H31NO4. The Bertz CT molecular complexity index is 563. The van der Waals surface area contributed by atoms with E-state index in [1.54, 1.807) is 0 Å². The standard InChI is InChI=1S/C19H31NO4/c1-6-19(11-21,12-22)20-16(23)8-7-14-9-13(2)17(24)15(10-14)18(3,4)5/h9-10,21-22,24H,6-8,11-12H2,1-5H3,(H,20,23). The number of phenols is 1. The van der Waals surface area contributed by atoms with Crippen molar-refractivity contribution in [3.8, 4) is 5.75 Å². The third-order valence-electron chi connectivity index (χ3n) is 4.50. The van der Waals surface area contributed by atoms with E-state index in [0.29, 0.717) is 18.6 Å². The number of nitrogens with one attached hydrogen (secondary N) is 1. The lowest BCUT2D eigenvalue weighted by Gasteiger charge is -2.29. The van der Waals surface area contributed by atoms with Gasteiger partial charge in [-0.15, -0.1) is 0 Å². The summed E-state index contributed by atoms with van der Waals surface area (Å²) >= 11 is 0. The summed E-state index contributed by atoms with van der Waals surface area (Å²) < 4.78 is 0. The monoisotopic (exact) mass is 337 g/mol. The number of aromatic hydroxyl groups is 1.